The van der Waals surface area contributed by atoms with Gasteiger partial charge in [-0.3, -0.25) is 9.59 Å². The number of hydrogen-bond donors (Lipinski definition) is 2. The van der Waals surface area contributed by atoms with E-state index in [0.29, 0.717) is 18.1 Å². The van der Waals surface area contributed by atoms with Crippen molar-refractivity contribution in [2.75, 3.05) is 20.3 Å². The second-order valence-corrected chi connectivity index (χ2v) is 4.69. The van der Waals surface area contributed by atoms with E-state index in [4.69, 9.17) is 9.47 Å². The normalized spacial score (nSPS) is 13.1. The molecule has 1 unspecified atom stereocenters. The van der Waals surface area contributed by atoms with Gasteiger partial charge >= 0.3 is 5.97 Å². The molecule has 0 aliphatic heterocycles. The summed E-state index contributed by atoms with van der Waals surface area (Å²) in [4.78, 5) is 23.0. The van der Waals surface area contributed by atoms with Crippen LogP contribution < -0.4 is 14.8 Å². The van der Waals surface area contributed by atoms with Crippen LogP contribution in [0.15, 0.2) is 24.3 Å². The first-order chi connectivity index (χ1) is 9.95. The fourth-order valence-electron chi connectivity index (χ4n) is 1.80. The van der Waals surface area contributed by atoms with Gasteiger partial charge in [-0.25, -0.2) is 0 Å². The Balaban J connectivity index is 2.71. The van der Waals surface area contributed by atoms with E-state index < -0.39 is 17.3 Å². The maximum atomic E-state index is 11.7. The first-order valence-electron chi connectivity index (χ1n) is 6.76. The van der Waals surface area contributed by atoms with E-state index in [9.17, 15) is 14.7 Å². The summed E-state index contributed by atoms with van der Waals surface area (Å²) in [7, 11) is 1.41. The van der Waals surface area contributed by atoms with E-state index in [1.165, 1.54) is 14.0 Å². The molecule has 0 aromatic heterocycles. The molecule has 1 amide bonds. The summed E-state index contributed by atoms with van der Waals surface area (Å²) in [6, 6.07) is 7.13. The minimum absolute atomic E-state index is 0.0580. The van der Waals surface area contributed by atoms with Gasteiger partial charge in [0.25, 0.3) is 0 Å². The lowest BCUT2D eigenvalue weighted by molar-refractivity contribution is -0.155. The Morgan fingerprint density at radius 3 is 2.29 bits per heavy atom. The number of carboxylic acids is 1. The molecule has 0 aliphatic carbocycles. The van der Waals surface area contributed by atoms with E-state index in [2.05, 4.69) is 5.32 Å². The zero-order valence-electron chi connectivity index (χ0n) is 12.5. The average molecular weight is 295 g/mol. The van der Waals surface area contributed by atoms with Gasteiger partial charge in [-0.05, 0) is 26.0 Å². The summed E-state index contributed by atoms with van der Waals surface area (Å²) >= 11 is 0. The Morgan fingerprint density at radius 2 is 1.81 bits per heavy atom. The molecule has 1 rings (SSSR count). The topological polar surface area (TPSA) is 84.9 Å². The summed E-state index contributed by atoms with van der Waals surface area (Å²) in [5.41, 5.74) is -1.52. The molecule has 1 aromatic rings. The minimum Gasteiger partial charge on any atom is -0.490 e. The van der Waals surface area contributed by atoms with Gasteiger partial charge < -0.3 is 19.9 Å². The molecule has 116 valence electrons. The number of carbonyl (C=O) groups is 2. The van der Waals surface area contributed by atoms with Crippen molar-refractivity contribution >= 4 is 11.9 Å². The SMILES string of the molecule is CCOc1ccccc1OCCC(C)(C(=O)O)C(=O)NC. The fraction of sp³-hybridized carbons (Fsp3) is 0.467. The first kappa shape index (κ1) is 16.8. The van der Waals surface area contributed by atoms with Crippen LogP contribution in [0.5, 0.6) is 11.5 Å². The van der Waals surface area contributed by atoms with Crippen molar-refractivity contribution in [3.63, 3.8) is 0 Å². The Morgan fingerprint density at radius 1 is 1.24 bits per heavy atom. The van der Waals surface area contributed by atoms with Crippen LogP contribution in [-0.2, 0) is 9.59 Å². The predicted octanol–water partition coefficient (Wildman–Crippen LogP) is 1.69. The Bertz CT molecular complexity index is 503. The summed E-state index contributed by atoms with van der Waals surface area (Å²) in [6.45, 7) is 3.85. The van der Waals surface area contributed by atoms with Crippen LogP contribution >= 0.6 is 0 Å². The first-order valence-corrected chi connectivity index (χ1v) is 6.76. The lowest BCUT2D eigenvalue weighted by Gasteiger charge is -2.23. The van der Waals surface area contributed by atoms with Crippen LogP contribution in [-0.4, -0.2) is 37.2 Å². The summed E-state index contributed by atoms with van der Waals surface area (Å²) in [5.74, 6) is -0.596. The van der Waals surface area contributed by atoms with Gasteiger partial charge in [0.15, 0.2) is 11.5 Å². The van der Waals surface area contributed by atoms with Crippen LogP contribution in [0.3, 0.4) is 0 Å². The molecule has 0 saturated carbocycles. The number of ether oxygens (including phenoxy) is 2. The van der Waals surface area contributed by atoms with Crippen LogP contribution in [0.4, 0.5) is 0 Å². The Labute approximate surface area is 124 Å². The summed E-state index contributed by atoms with van der Waals surface area (Å²) < 4.78 is 11.0. The minimum atomic E-state index is -1.52. The zero-order valence-corrected chi connectivity index (χ0v) is 12.5. The second kappa shape index (κ2) is 7.52. The van der Waals surface area contributed by atoms with Crippen LogP contribution in [0, 0.1) is 5.41 Å². The molecule has 2 N–H and O–H groups in total. The van der Waals surface area contributed by atoms with Gasteiger partial charge in [-0.15, -0.1) is 0 Å². The third-order valence-electron chi connectivity index (χ3n) is 3.21. The van der Waals surface area contributed by atoms with Crippen molar-refractivity contribution in [2.24, 2.45) is 5.41 Å². The molecule has 0 bridgehead atoms. The highest BCUT2D eigenvalue weighted by atomic mass is 16.5. The molecule has 0 fully saturated rings. The zero-order chi connectivity index (χ0) is 15.9. The van der Waals surface area contributed by atoms with Crippen LogP contribution in [0.1, 0.15) is 20.3 Å². The molecule has 1 atom stereocenters. The summed E-state index contributed by atoms with van der Waals surface area (Å²) in [6.07, 6.45) is 0.0580. The Kier molecular flexibility index (Phi) is 6.02. The van der Waals surface area contributed by atoms with E-state index in [0.717, 1.165) is 0 Å². The molecule has 0 radical (unpaired) electrons. The highest BCUT2D eigenvalue weighted by Gasteiger charge is 2.40. The fourth-order valence-corrected chi connectivity index (χ4v) is 1.80. The molecular weight excluding hydrogens is 274 g/mol. The molecule has 6 heteroatoms. The predicted molar refractivity (Wildman–Crippen MR) is 77.5 cm³/mol. The van der Waals surface area contributed by atoms with Crippen molar-refractivity contribution in [2.45, 2.75) is 20.3 Å². The van der Waals surface area contributed by atoms with Gasteiger partial charge in [-0.1, -0.05) is 12.1 Å². The average Bonchev–Trinajstić information content (AvgIpc) is 2.48. The largest absolute Gasteiger partial charge is 0.490 e. The molecular formula is C15H21NO5. The third-order valence-corrected chi connectivity index (χ3v) is 3.21. The van der Waals surface area contributed by atoms with Crippen molar-refractivity contribution < 1.29 is 24.2 Å². The number of carbonyl (C=O) groups excluding carboxylic acids is 1. The maximum absolute atomic E-state index is 11.7. The van der Waals surface area contributed by atoms with Crippen LogP contribution in [0.25, 0.3) is 0 Å². The summed E-state index contributed by atoms with van der Waals surface area (Å²) in [5, 5.41) is 11.6. The lowest BCUT2D eigenvalue weighted by atomic mass is 9.86. The number of amides is 1. The molecule has 0 heterocycles. The van der Waals surface area contributed by atoms with Crippen molar-refractivity contribution in [3.05, 3.63) is 24.3 Å². The smallest absolute Gasteiger partial charge is 0.319 e. The molecule has 1 aromatic carbocycles. The molecule has 21 heavy (non-hydrogen) atoms. The number of rotatable bonds is 8. The van der Waals surface area contributed by atoms with Crippen molar-refractivity contribution in [1.29, 1.82) is 0 Å². The molecule has 6 nitrogen and oxygen atoms in total. The number of nitrogens with one attached hydrogen (secondary N) is 1. The molecule has 0 spiro atoms. The number of aliphatic carboxylic acids is 1. The molecule has 0 aliphatic rings. The van der Waals surface area contributed by atoms with Gasteiger partial charge in [-0.2, -0.15) is 0 Å². The van der Waals surface area contributed by atoms with Crippen molar-refractivity contribution in [3.8, 4) is 11.5 Å². The number of para-hydroxylation sites is 2. The highest BCUT2D eigenvalue weighted by Crippen LogP contribution is 2.28. The molecule has 0 saturated heterocycles. The number of hydrogen-bond acceptors (Lipinski definition) is 4. The third kappa shape index (κ3) is 4.11. The quantitative estimate of drug-likeness (QED) is 0.713. The van der Waals surface area contributed by atoms with E-state index >= 15 is 0 Å². The monoisotopic (exact) mass is 295 g/mol. The van der Waals surface area contributed by atoms with Gasteiger partial charge in [0, 0.05) is 13.5 Å². The lowest BCUT2D eigenvalue weighted by Crippen LogP contribution is -2.44. The van der Waals surface area contributed by atoms with Gasteiger partial charge in [0.2, 0.25) is 5.91 Å². The van der Waals surface area contributed by atoms with Crippen molar-refractivity contribution in [1.82, 2.24) is 5.32 Å². The Hall–Kier alpha value is -2.24. The van der Waals surface area contributed by atoms with E-state index in [1.807, 2.05) is 13.0 Å². The van der Waals surface area contributed by atoms with Gasteiger partial charge in [0.1, 0.15) is 5.41 Å². The highest BCUT2D eigenvalue weighted by molar-refractivity contribution is 6.01. The standard InChI is InChI=1S/C15H21NO5/c1-4-20-11-7-5-6-8-12(11)21-10-9-15(2,14(18)19)13(17)16-3/h5-8H,4,9-10H2,1-3H3,(H,16,17)(H,18,19). The van der Waals surface area contributed by atoms with E-state index in [1.54, 1.807) is 18.2 Å². The number of carboxylic acid groups (broad SMARTS) is 1. The number of benzene rings is 1. The second-order valence-electron chi connectivity index (χ2n) is 4.69. The maximum Gasteiger partial charge on any atom is 0.319 e. The van der Waals surface area contributed by atoms with E-state index in [-0.39, 0.29) is 13.0 Å². The van der Waals surface area contributed by atoms with Gasteiger partial charge in [0.05, 0.1) is 13.2 Å². The van der Waals surface area contributed by atoms with Crippen LogP contribution in [0.2, 0.25) is 0 Å².